The molecule has 2 aliphatic rings. The Morgan fingerprint density at radius 3 is 2.70 bits per heavy atom. The van der Waals surface area contributed by atoms with Crippen molar-refractivity contribution >= 4 is 22.5 Å². The molecule has 3 heterocycles. The van der Waals surface area contributed by atoms with E-state index in [-0.39, 0.29) is 0 Å². The Balaban J connectivity index is 1.67. The summed E-state index contributed by atoms with van der Waals surface area (Å²) in [6.07, 6.45) is 12.6. The highest BCUT2D eigenvalue weighted by molar-refractivity contribution is 6.34. The molecule has 0 bridgehead atoms. The summed E-state index contributed by atoms with van der Waals surface area (Å²) in [5.74, 6) is 0.834. The molecule has 1 N–H and O–H groups in total. The van der Waals surface area contributed by atoms with Crippen LogP contribution in [0.25, 0.3) is 10.9 Å². The smallest absolute Gasteiger partial charge is 0.138 e. The predicted molar refractivity (Wildman–Crippen MR) is 95.9 cm³/mol. The Bertz CT molecular complexity index is 667. The molecule has 0 radical (unpaired) electrons. The molecule has 1 saturated carbocycles. The first-order valence-electron chi connectivity index (χ1n) is 9.17. The normalized spacial score (nSPS) is 20.6. The summed E-state index contributed by atoms with van der Waals surface area (Å²) >= 11 is 6.45. The first kappa shape index (κ1) is 15.5. The fraction of sp³-hybridized carbons (Fsp3) is 0.632. The van der Waals surface area contributed by atoms with Crippen LogP contribution in [0.2, 0.25) is 5.15 Å². The largest absolute Gasteiger partial charge is 0.358 e. The lowest BCUT2D eigenvalue weighted by molar-refractivity contribution is 0.326. The zero-order valence-corrected chi connectivity index (χ0v) is 14.5. The molecule has 1 saturated heterocycles. The predicted octanol–water partition coefficient (Wildman–Crippen LogP) is 4.93. The minimum Gasteiger partial charge on any atom is -0.358 e. The zero-order valence-electron chi connectivity index (χ0n) is 13.8. The summed E-state index contributed by atoms with van der Waals surface area (Å²) in [6.45, 7) is 3.45. The van der Waals surface area contributed by atoms with Crippen LogP contribution in [-0.4, -0.2) is 28.0 Å². The topological polar surface area (TPSA) is 31.9 Å². The monoisotopic (exact) mass is 331 g/mol. The minimum absolute atomic E-state index is 0.655. The lowest BCUT2D eigenvalue weighted by Gasteiger charge is -2.22. The molecule has 4 rings (SSSR count). The van der Waals surface area contributed by atoms with E-state index in [2.05, 4.69) is 20.9 Å². The second-order valence-electron chi connectivity index (χ2n) is 7.30. The van der Waals surface area contributed by atoms with Gasteiger partial charge in [-0.15, -0.1) is 0 Å². The number of halogens is 1. The average Bonchev–Trinajstić information content (AvgIpc) is 3.18. The van der Waals surface area contributed by atoms with E-state index in [1.165, 1.54) is 75.7 Å². The van der Waals surface area contributed by atoms with Crippen LogP contribution < -0.4 is 0 Å². The lowest BCUT2D eigenvalue weighted by atomic mass is 9.85. The molecule has 4 heteroatoms. The fourth-order valence-electron chi connectivity index (χ4n) is 4.41. The molecular formula is C19H26ClN3. The first-order valence-corrected chi connectivity index (χ1v) is 9.55. The molecule has 2 aromatic rings. The Labute approximate surface area is 143 Å². The zero-order chi connectivity index (χ0) is 15.6. The van der Waals surface area contributed by atoms with Gasteiger partial charge < -0.3 is 4.98 Å². The number of hydrogen-bond donors (Lipinski definition) is 1. The maximum absolute atomic E-state index is 6.45. The van der Waals surface area contributed by atoms with E-state index in [1.807, 2.05) is 6.20 Å². The third-order valence-electron chi connectivity index (χ3n) is 5.65. The van der Waals surface area contributed by atoms with Crippen molar-refractivity contribution in [2.24, 2.45) is 5.92 Å². The number of fused-ring (bicyclic) bond motifs is 1. The van der Waals surface area contributed by atoms with Crippen molar-refractivity contribution in [2.45, 2.75) is 57.9 Å². The minimum atomic E-state index is 0.655. The van der Waals surface area contributed by atoms with Gasteiger partial charge in [0.1, 0.15) is 5.15 Å². The number of nitrogens with one attached hydrogen (secondary N) is 1. The summed E-state index contributed by atoms with van der Waals surface area (Å²) in [4.78, 5) is 10.6. The molecular weight excluding hydrogens is 306 g/mol. The van der Waals surface area contributed by atoms with Crippen LogP contribution in [0, 0.1) is 5.92 Å². The number of nitrogens with zero attached hydrogens (tertiary/aromatic N) is 2. The van der Waals surface area contributed by atoms with Crippen molar-refractivity contribution in [1.82, 2.24) is 14.9 Å². The molecule has 23 heavy (non-hydrogen) atoms. The van der Waals surface area contributed by atoms with Crippen molar-refractivity contribution in [3.05, 3.63) is 28.7 Å². The average molecular weight is 332 g/mol. The van der Waals surface area contributed by atoms with Crippen molar-refractivity contribution in [3.63, 3.8) is 0 Å². The molecule has 0 atom stereocenters. The third-order valence-corrected chi connectivity index (χ3v) is 5.94. The van der Waals surface area contributed by atoms with Crippen LogP contribution in [0.3, 0.4) is 0 Å². The molecule has 1 aliphatic heterocycles. The van der Waals surface area contributed by atoms with E-state index in [1.54, 1.807) is 0 Å². The van der Waals surface area contributed by atoms with Gasteiger partial charge in [-0.05, 0) is 49.9 Å². The molecule has 124 valence electrons. The van der Waals surface area contributed by atoms with E-state index in [4.69, 9.17) is 11.6 Å². The maximum atomic E-state index is 6.45. The number of rotatable bonds is 4. The van der Waals surface area contributed by atoms with Crippen LogP contribution in [-0.2, 0) is 13.0 Å². The number of aromatic nitrogens is 2. The van der Waals surface area contributed by atoms with Gasteiger partial charge in [0.25, 0.3) is 0 Å². The van der Waals surface area contributed by atoms with Gasteiger partial charge >= 0.3 is 0 Å². The standard InChI is InChI=1S/C19H26ClN3/c20-19-18-15(13-23-10-4-5-11-23)17(22-16(18)8-9-21-19)12-14-6-2-1-3-7-14/h8-9,14,22H,1-7,10-13H2. The number of likely N-dealkylation sites (tertiary alicyclic amines) is 1. The molecule has 2 aromatic heterocycles. The summed E-state index contributed by atoms with van der Waals surface area (Å²) in [6, 6.07) is 2.07. The van der Waals surface area contributed by atoms with E-state index in [0.29, 0.717) is 5.15 Å². The molecule has 2 fully saturated rings. The van der Waals surface area contributed by atoms with Gasteiger partial charge in [-0.3, -0.25) is 4.90 Å². The van der Waals surface area contributed by atoms with Crippen LogP contribution in [0.5, 0.6) is 0 Å². The van der Waals surface area contributed by atoms with Crippen molar-refractivity contribution in [2.75, 3.05) is 13.1 Å². The highest BCUT2D eigenvalue weighted by Crippen LogP contribution is 2.33. The van der Waals surface area contributed by atoms with Crippen molar-refractivity contribution in [1.29, 1.82) is 0 Å². The van der Waals surface area contributed by atoms with Crippen LogP contribution in [0.1, 0.15) is 56.2 Å². The quantitative estimate of drug-likeness (QED) is 0.805. The number of hydrogen-bond acceptors (Lipinski definition) is 2. The second kappa shape index (κ2) is 6.82. The van der Waals surface area contributed by atoms with Crippen LogP contribution in [0.4, 0.5) is 0 Å². The molecule has 0 aromatic carbocycles. The molecule has 1 aliphatic carbocycles. The Morgan fingerprint density at radius 1 is 1.13 bits per heavy atom. The number of H-pyrrole nitrogens is 1. The van der Waals surface area contributed by atoms with Gasteiger partial charge in [-0.25, -0.2) is 4.98 Å². The second-order valence-corrected chi connectivity index (χ2v) is 7.66. The van der Waals surface area contributed by atoms with Gasteiger partial charge in [0.15, 0.2) is 0 Å². The first-order chi connectivity index (χ1) is 11.3. The van der Waals surface area contributed by atoms with E-state index in [9.17, 15) is 0 Å². The van der Waals surface area contributed by atoms with Gasteiger partial charge in [-0.1, -0.05) is 43.7 Å². The lowest BCUT2D eigenvalue weighted by Crippen LogP contribution is -2.20. The Kier molecular flexibility index (Phi) is 4.59. The Morgan fingerprint density at radius 2 is 1.91 bits per heavy atom. The number of pyridine rings is 1. The van der Waals surface area contributed by atoms with Gasteiger partial charge in [-0.2, -0.15) is 0 Å². The van der Waals surface area contributed by atoms with E-state index >= 15 is 0 Å². The summed E-state index contributed by atoms with van der Waals surface area (Å²) < 4.78 is 0. The van der Waals surface area contributed by atoms with E-state index in [0.717, 1.165) is 23.4 Å². The highest BCUT2D eigenvalue weighted by atomic mass is 35.5. The van der Waals surface area contributed by atoms with Gasteiger partial charge in [0.05, 0.1) is 5.52 Å². The fourth-order valence-corrected chi connectivity index (χ4v) is 4.68. The molecule has 0 amide bonds. The summed E-state index contributed by atoms with van der Waals surface area (Å²) in [7, 11) is 0. The summed E-state index contributed by atoms with van der Waals surface area (Å²) in [5, 5.41) is 1.81. The Hall–Kier alpha value is -1.06. The number of aromatic amines is 1. The van der Waals surface area contributed by atoms with E-state index < -0.39 is 0 Å². The van der Waals surface area contributed by atoms with Gasteiger partial charge in [0.2, 0.25) is 0 Å². The molecule has 3 nitrogen and oxygen atoms in total. The summed E-state index contributed by atoms with van der Waals surface area (Å²) in [5.41, 5.74) is 3.98. The van der Waals surface area contributed by atoms with Crippen molar-refractivity contribution < 1.29 is 0 Å². The van der Waals surface area contributed by atoms with Crippen LogP contribution >= 0.6 is 11.6 Å². The van der Waals surface area contributed by atoms with Crippen LogP contribution in [0.15, 0.2) is 12.3 Å². The third kappa shape index (κ3) is 3.27. The maximum Gasteiger partial charge on any atom is 0.138 e. The molecule has 0 spiro atoms. The highest BCUT2D eigenvalue weighted by Gasteiger charge is 2.22. The molecule has 0 unspecified atom stereocenters. The van der Waals surface area contributed by atoms with Gasteiger partial charge in [0, 0.05) is 23.8 Å². The van der Waals surface area contributed by atoms with Crippen molar-refractivity contribution in [3.8, 4) is 0 Å². The SMILES string of the molecule is Clc1nccc2[nH]c(CC3CCCCC3)c(CN3CCCC3)c12.